The summed E-state index contributed by atoms with van der Waals surface area (Å²) in [6, 6.07) is 3.87. The molecule has 1 aromatic rings. The van der Waals surface area contributed by atoms with Crippen LogP contribution in [0.15, 0.2) is 23.8 Å². The average molecular weight is 296 g/mol. The minimum Gasteiger partial charge on any atom is -0.504 e. The minimum absolute atomic E-state index is 0.134. The summed E-state index contributed by atoms with van der Waals surface area (Å²) in [6.07, 6.45) is 7.29. The van der Waals surface area contributed by atoms with Gasteiger partial charge in [0.15, 0.2) is 11.5 Å². The zero-order valence-electron chi connectivity index (χ0n) is 12.5. The van der Waals surface area contributed by atoms with E-state index in [1.54, 1.807) is 11.6 Å². The Balaban J connectivity index is 1.75. The predicted molar refractivity (Wildman–Crippen MR) is 80.9 cm³/mol. The van der Waals surface area contributed by atoms with Crippen LogP contribution in [0.2, 0.25) is 0 Å². The van der Waals surface area contributed by atoms with Crippen molar-refractivity contribution in [1.82, 2.24) is 0 Å². The highest BCUT2D eigenvalue weighted by molar-refractivity contribution is 5.66. The molecule has 0 radical (unpaired) electrons. The molecule has 1 aliphatic heterocycles. The summed E-state index contributed by atoms with van der Waals surface area (Å²) in [6.45, 7) is 0. The number of benzene rings is 1. The van der Waals surface area contributed by atoms with Gasteiger partial charge in [0.1, 0.15) is 6.10 Å². The average Bonchev–Trinajstić information content (AvgIpc) is 2.90. The van der Waals surface area contributed by atoms with E-state index in [4.69, 9.17) is 4.74 Å². The van der Waals surface area contributed by atoms with Crippen LogP contribution in [-0.2, 0) is 11.8 Å². The fourth-order valence-corrected chi connectivity index (χ4v) is 6.77. The molecule has 6 atom stereocenters. The molecule has 1 aromatic carbocycles. The molecule has 2 fully saturated rings. The van der Waals surface area contributed by atoms with Crippen LogP contribution < -0.4 is 4.74 Å². The fraction of sp³-hybridized carbons (Fsp3) is 0.579. The zero-order chi connectivity index (χ0) is 14.6. The van der Waals surface area contributed by atoms with E-state index in [9.17, 15) is 10.2 Å². The number of phenolic OH excluding ortho intramolecular Hbond substituents is 1. The van der Waals surface area contributed by atoms with Crippen molar-refractivity contribution < 1.29 is 14.9 Å². The molecule has 0 aromatic heterocycles. The normalized spacial score (nSPS) is 46.0. The highest BCUT2D eigenvalue weighted by Crippen LogP contribution is 2.72. The standard InChI is InChI=1S/C19H20O3/c20-14-6-4-9-8-11-10-2-1-3-12(11)19-13(10)5-7-15(21)18(19)22-17(14)16(9)19/h4-6,10-12,15,18,20-21H,1-3,7-8H2/t10-,11?,12?,15+,18+,19+/m1/s1. The largest absolute Gasteiger partial charge is 0.504 e. The van der Waals surface area contributed by atoms with Gasteiger partial charge in [0, 0.05) is 5.56 Å². The number of rotatable bonds is 0. The van der Waals surface area contributed by atoms with Gasteiger partial charge in [0.25, 0.3) is 0 Å². The van der Waals surface area contributed by atoms with E-state index < -0.39 is 6.10 Å². The summed E-state index contributed by atoms with van der Waals surface area (Å²) < 4.78 is 6.23. The third-order valence-corrected chi connectivity index (χ3v) is 7.24. The third-order valence-electron chi connectivity index (χ3n) is 7.24. The van der Waals surface area contributed by atoms with E-state index in [1.165, 1.54) is 30.4 Å². The molecule has 0 saturated heterocycles. The molecule has 2 saturated carbocycles. The SMILES string of the molecule is Oc1ccc2c3c1O[C@H]1[C@@H](O)CC=C4[C@@H]5CCCC(C5C2)[C@]431. The van der Waals surface area contributed by atoms with Crippen LogP contribution in [0.5, 0.6) is 11.5 Å². The molecule has 1 heterocycles. The number of hydrogen-bond donors (Lipinski definition) is 2. The van der Waals surface area contributed by atoms with Crippen molar-refractivity contribution in [2.24, 2.45) is 17.8 Å². The van der Waals surface area contributed by atoms with E-state index in [2.05, 4.69) is 12.1 Å². The van der Waals surface area contributed by atoms with E-state index in [1.807, 2.05) is 0 Å². The Kier molecular flexibility index (Phi) is 1.93. The van der Waals surface area contributed by atoms with Crippen molar-refractivity contribution in [3.8, 4) is 11.5 Å². The Morgan fingerprint density at radius 1 is 1.23 bits per heavy atom. The zero-order valence-corrected chi connectivity index (χ0v) is 12.5. The molecule has 22 heavy (non-hydrogen) atoms. The summed E-state index contributed by atoms with van der Waals surface area (Å²) in [5.74, 6) is 2.87. The first-order valence-corrected chi connectivity index (χ1v) is 8.63. The van der Waals surface area contributed by atoms with Gasteiger partial charge in [-0.15, -0.1) is 0 Å². The van der Waals surface area contributed by atoms with E-state index in [-0.39, 0.29) is 17.3 Å². The predicted octanol–water partition coefficient (Wildman–Crippen LogP) is 2.68. The molecule has 6 rings (SSSR count). The molecule has 2 N–H and O–H groups in total. The topological polar surface area (TPSA) is 49.7 Å². The first-order valence-electron chi connectivity index (χ1n) is 8.63. The number of aliphatic hydroxyl groups is 1. The highest BCUT2D eigenvalue weighted by Gasteiger charge is 2.70. The second kappa shape index (κ2) is 3.53. The lowest BCUT2D eigenvalue weighted by Crippen LogP contribution is -2.53. The number of ether oxygens (including phenoxy) is 1. The van der Waals surface area contributed by atoms with E-state index in [0.29, 0.717) is 29.9 Å². The van der Waals surface area contributed by atoms with Crippen molar-refractivity contribution in [3.63, 3.8) is 0 Å². The van der Waals surface area contributed by atoms with E-state index in [0.717, 1.165) is 6.42 Å². The molecule has 1 spiro atoms. The van der Waals surface area contributed by atoms with Crippen LogP contribution in [0.4, 0.5) is 0 Å². The second-order valence-electron chi connectivity index (χ2n) is 7.83. The number of aliphatic hydroxyl groups excluding tert-OH is 1. The van der Waals surface area contributed by atoms with Gasteiger partial charge in [0.05, 0.1) is 11.5 Å². The molecule has 3 heteroatoms. The lowest BCUT2D eigenvalue weighted by atomic mass is 9.57. The van der Waals surface area contributed by atoms with Crippen molar-refractivity contribution >= 4 is 0 Å². The Hall–Kier alpha value is -1.48. The molecule has 3 nitrogen and oxygen atoms in total. The lowest BCUT2D eigenvalue weighted by molar-refractivity contribution is -0.0100. The van der Waals surface area contributed by atoms with Crippen LogP contribution in [0.1, 0.15) is 36.8 Å². The molecular formula is C19H20O3. The number of aromatic hydroxyl groups is 1. The van der Waals surface area contributed by atoms with Gasteiger partial charge < -0.3 is 14.9 Å². The Labute approximate surface area is 129 Å². The van der Waals surface area contributed by atoms with Crippen LogP contribution in [-0.4, -0.2) is 22.4 Å². The van der Waals surface area contributed by atoms with Crippen LogP contribution in [0, 0.1) is 17.8 Å². The van der Waals surface area contributed by atoms with Gasteiger partial charge in [-0.05, 0) is 55.1 Å². The summed E-state index contributed by atoms with van der Waals surface area (Å²) in [5, 5.41) is 21.0. The maximum Gasteiger partial charge on any atom is 0.166 e. The Bertz CT molecular complexity index is 736. The third kappa shape index (κ3) is 1.02. The van der Waals surface area contributed by atoms with Gasteiger partial charge in [-0.2, -0.15) is 0 Å². The number of fused-ring (bicyclic) bond motifs is 1. The van der Waals surface area contributed by atoms with Crippen molar-refractivity contribution in [2.45, 2.75) is 49.7 Å². The maximum absolute atomic E-state index is 10.7. The molecule has 4 bridgehead atoms. The van der Waals surface area contributed by atoms with Crippen LogP contribution >= 0.6 is 0 Å². The highest BCUT2D eigenvalue weighted by atomic mass is 16.5. The molecule has 2 unspecified atom stereocenters. The molecular weight excluding hydrogens is 276 g/mol. The maximum atomic E-state index is 10.7. The van der Waals surface area contributed by atoms with Crippen molar-refractivity contribution in [2.75, 3.05) is 0 Å². The summed E-state index contributed by atoms with van der Waals surface area (Å²) in [7, 11) is 0. The first kappa shape index (κ1) is 12.0. The van der Waals surface area contributed by atoms with Crippen LogP contribution in [0.25, 0.3) is 0 Å². The lowest BCUT2D eigenvalue weighted by Gasteiger charge is -2.45. The quantitative estimate of drug-likeness (QED) is 0.724. The second-order valence-corrected chi connectivity index (χ2v) is 7.83. The number of phenols is 1. The van der Waals surface area contributed by atoms with E-state index >= 15 is 0 Å². The molecule has 114 valence electrons. The van der Waals surface area contributed by atoms with Gasteiger partial charge in [-0.25, -0.2) is 0 Å². The van der Waals surface area contributed by atoms with Gasteiger partial charge in [0.2, 0.25) is 0 Å². The van der Waals surface area contributed by atoms with Gasteiger partial charge >= 0.3 is 0 Å². The minimum atomic E-state index is -0.457. The molecule has 4 aliphatic carbocycles. The number of hydrogen-bond acceptors (Lipinski definition) is 3. The first-order chi connectivity index (χ1) is 10.7. The fourth-order valence-electron chi connectivity index (χ4n) is 6.77. The molecule has 0 amide bonds. The molecule has 5 aliphatic rings. The summed E-state index contributed by atoms with van der Waals surface area (Å²) in [4.78, 5) is 0. The smallest absolute Gasteiger partial charge is 0.166 e. The summed E-state index contributed by atoms with van der Waals surface area (Å²) >= 11 is 0. The van der Waals surface area contributed by atoms with Crippen molar-refractivity contribution in [3.05, 3.63) is 34.9 Å². The Morgan fingerprint density at radius 3 is 3.05 bits per heavy atom. The monoisotopic (exact) mass is 296 g/mol. The Morgan fingerprint density at radius 2 is 2.14 bits per heavy atom. The summed E-state index contributed by atoms with van der Waals surface area (Å²) in [5.41, 5.74) is 3.98. The van der Waals surface area contributed by atoms with Crippen LogP contribution in [0.3, 0.4) is 0 Å². The van der Waals surface area contributed by atoms with Gasteiger partial charge in [-0.1, -0.05) is 24.1 Å². The van der Waals surface area contributed by atoms with Crippen molar-refractivity contribution in [1.29, 1.82) is 0 Å². The van der Waals surface area contributed by atoms with Gasteiger partial charge in [-0.3, -0.25) is 0 Å².